The molecule has 4 fully saturated rings. The minimum atomic E-state index is -3.32. The van der Waals surface area contributed by atoms with Crippen LogP contribution in [0.3, 0.4) is 0 Å². The zero-order valence-electron chi connectivity index (χ0n) is 20.9. The van der Waals surface area contributed by atoms with Crippen LogP contribution in [0.1, 0.15) is 44.1 Å². The maximum absolute atomic E-state index is 13.0. The second-order valence-corrected chi connectivity index (χ2v) is 12.9. The highest BCUT2D eigenvalue weighted by atomic mass is 32.2. The van der Waals surface area contributed by atoms with Gasteiger partial charge in [0.25, 0.3) is 0 Å². The number of anilines is 1. The molecule has 0 saturated carbocycles. The van der Waals surface area contributed by atoms with Gasteiger partial charge in [-0.1, -0.05) is 17.7 Å². The van der Waals surface area contributed by atoms with Gasteiger partial charge in [0, 0.05) is 71.1 Å². The van der Waals surface area contributed by atoms with Crippen molar-refractivity contribution in [2.45, 2.75) is 56.8 Å². The molecule has 5 rings (SSSR count). The summed E-state index contributed by atoms with van der Waals surface area (Å²) < 4.78 is 38.9. The highest BCUT2D eigenvalue weighted by molar-refractivity contribution is 7.89. The average Bonchev–Trinajstić information content (AvgIpc) is 3.18. The first-order chi connectivity index (χ1) is 16.9. The van der Waals surface area contributed by atoms with Crippen LogP contribution in [0.5, 0.6) is 0 Å². The van der Waals surface area contributed by atoms with Crippen LogP contribution < -0.4 is 4.90 Å². The molecule has 0 aromatic heterocycles. The summed E-state index contributed by atoms with van der Waals surface area (Å²) in [6.45, 7) is 8.94. The zero-order valence-corrected chi connectivity index (χ0v) is 21.7. The maximum atomic E-state index is 13.0. The maximum Gasteiger partial charge on any atom is 0.312 e. The second-order valence-electron chi connectivity index (χ2n) is 10.7. The highest BCUT2D eigenvalue weighted by Gasteiger charge is 2.52. The third-order valence-corrected chi connectivity index (χ3v) is 10.9. The van der Waals surface area contributed by atoms with E-state index in [0.29, 0.717) is 52.0 Å². The van der Waals surface area contributed by atoms with E-state index in [9.17, 15) is 13.2 Å². The molecular weight excluding hydrogens is 466 g/mol. The van der Waals surface area contributed by atoms with Crippen molar-refractivity contribution in [3.05, 3.63) is 29.8 Å². The van der Waals surface area contributed by atoms with Gasteiger partial charge in [0.05, 0.1) is 10.7 Å². The van der Waals surface area contributed by atoms with E-state index in [2.05, 4.69) is 41.0 Å². The molecule has 1 aromatic carbocycles. The van der Waals surface area contributed by atoms with Gasteiger partial charge in [-0.25, -0.2) is 12.7 Å². The summed E-state index contributed by atoms with van der Waals surface area (Å²) in [5, 5.41) is -0.347. The van der Waals surface area contributed by atoms with Crippen molar-refractivity contribution in [1.29, 1.82) is 0 Å². The summed E-state index contributed by atoms with van der Waals surface area (Å²) in [6.07, 6.45) is 3.78. The van der Waals surface area contributed by atoms with Crippen molar-refractivity contribution in [3.63, 3.8) is 0 Å². The topological polar surface area (TPSA) is 79.4 Å². The molecule has 4 saturated heterocycles. The summed E-state index contributed by atoms with van der Waals surface area (Å²) in [4.78, 5) is 17.8. The lowest BCUT2D eigenvalue weighted by atomic mass is 9.76. The van der Waals surface area contributed by atoms with E-state index in [1.54, 1.807) is 4.31 Å². The van der Waals surface area contributed by atoms with Crippen LogP contribution in [-0.4, -0.2) is 94.0 Å². The van der Waals surface area contributed by atoms with Crippen molar-refractivity contribution in [2.75, 3.05) is 63.9 Å². The smallest absolute Gasteiger partial charge is 0.312 e. The zero-order chi connectivity index (χ0) is 24.5. The molecule has 0 bridgehead atoms. The largest absolute Gasteiger partial charge is 0.462 e. The molecule has 9 heteroatoms. The molecule has 0 N–H and O–H groups in total. The normalized spacial score (nSPS) is 26.8. The summed E-state index contributed by atoms with van der Waals surface area (Å²) in [5.74, 6) is -0.116. The van der Waals surface area contributed by atoms with Crippen LogP contribution in [0.4, 0.5) is 5.69 Å². The van der Waals surface area contributed by atoms with E-state index in [-0.39, 0.29) is 17.3 Å². The number of nitrogens with zero attached hydrogens (tertiary/aromatic N) is 3. The van der Waals surface area contributed by atoms with Crippen molar-refractivity contribution < 1.29 is 22.7 Å². The van der Waals surface area contributed by atoms with E-state index < -0.39 is 15.4 Å². The second kappa shape index (κ2) is 10.4. The lowest BCUT2D eigenvalue weighted by Crippen LogP contribution is -2.48. The van der Waals surface area contributed by atoms with Gasteiger partial charge in [0.1, 0.15) is 6.10 Å². The molecule has 0 aliphatic carbocycles. The van der Waals surface area contributed by atoms with Crippen molar-refractivity contribution in [2.24, 2.45) is 5.41 Å². The molecule has 0 amide bonds. The Kier molecular flexibility index (Phi) is 7.40. The number of cyclic esters (lactones) is 1. The number of piperidine rings is 1. The number of aryl methyl sites for hydroxylation is 1. The van der Waals surface area contributed by atoms with Gasteiger partial charge < -0.3 is 14.4 Å². The molecule has 4 heterocycles. The number of sulfonamides is 1. The number of piperazine rings is 1. The minimum Gasteiger partial charge on any atom is -0.462 e. The van der Waals surface area contributed by atoms with Crippen LogP contribution in [0.25, 0.3) is 0 Å². The fraction of sp³-hybridized carbons (Fsp3) is 0.731. The van der Waals surface area contributed by atoms with Crippen LogP contribution in [0.2, 0.25) is 0 Å². The predicted octanol–water partition coefficient (Wildman–Crippen LogP) is 2.41. The number of carbonyl (C=O) groups excluding carboxylic acids is 1. The molecule has 0 radical (unpaired) electrons. The van der Waals surface area contributed by atoms with E-state index in [0.717, 1.165) is 45.6 Å². The molecule has 4 aliphatic heterocycles. The number of ether oxygens (including phenoxy) is 2. The van der Waals surface area contributed by atoms with Gasteiger partial charge >= 0.3 is 5.97 Å². The SMILES string of the molecule is Cc1ccc(N2CCN(CCC3CC4(CCN(S(=O)(=O)C5CCOCC5)CC4)C(=O)O3)CC2)cc1. The Balaban J connectivity index is 1.08. The quantitative estimate of drug-likeness (QED) is 0.550. The van der Waals surface area contributed by atoms with E-state index in [1.165, 1.54) is 11.3 Å². The van der Waals surface area contributed by atoms with Gasteiger partial charge in [-0.15, -0.1) is 0 Å². The predicted molar refractivity (Wildman–Crippen MR) is 135 cm³/mol. The molecule has 1 atom stereocenters. The van der Waals surface area contributed by atoms with Gasteiger partial charge in [0.2, 0.25) is 10.0 Å². The standard InChI is InChI=1S/C26H39N3O5S/c1-21-2-4-22(5-3-21)28-16-14-27(15-17-28)11-6-23-20-26(25(30)34-23)9-12-29(13-10-26)35(31,32)24-7-18-33-19-8-24/h2-5,23-24H,6-20H2,1H3. The van der Waals surface area contributed by atoms with Crippen LogP contribution in [-0.2, 0) is 24.3 Å². The fourth-order valence-electron chi connectivity index (χ4n) is 6.07. The Morgan fingerprint density at radius 3 is 2.29 bits per heavy atom. The summed E-state index contributed by atoms with van der Waals surface area (Å²) >= 11 is 0. The highest BCUT2D eigenvalue weighted by Crippen LogP contribution is 2.44. The first-order valence-corrected chi connectivity index (χ1v) is 14.7. The molecule has 8 nitrogen and oxygen atoms in total. The molecule has 194 valence electrons. The first kappa shape index (κ1) is 25.0. The fourth-order valence-corrected chi connectivity index (χ4v) is 7.97. The number of carbonyl (C=O) groups is 1. The van der Waals surface area contributed by atoms with Crippen LogP contribution >= 0.6 is 0 Å². The van der Waals surface area contributed by atoms with Gasteiger partial charge in [-0.2, -0.15) is 0 Å². The summed E-state index contributed by atoms with van der Waals surface area (Å²) in [5.41, 5.74) is 2.06. The number of benzene rings is 1. The molecule has 4 aliphatic rings. The monoisotopic (exact) mass is 505 g/mol. The number of rotatable bonds is 6. The Morgan fingerprint density at radius 1 is 0.971 bits per heavy atom. The van der Waals surface area contributed by atoms with Crippen LogP contribution in [0.15, 0.2) is 24.3 Å². The number of hydrogen-bond acceptors (Lipinski definition) is 7. The van der Waals surface area contributed by atoms with E-state index >= 15 is 0 Å². The van der Waals surface area contributed by atoms with Gasteiger partial charge in [0.15, 0.2) is 0 Å². The Labute approximate surface area is 209 Å². The number of esters is 1. The first-order valence-electron chi connectivity index (χ1n) is 13.2. The molecule has 1 unspecified atom stereocenters. The molecule has 1 spiro atoms. The van der Waals surface area contributed by atoms with Gasteiger partial charge in [-0.3, -0.25) is 9.69 Å². The summed E-state index contributed by atoms with van der Waals surface area (Å²) in [6, 6.07) is 8.72. The van der Waals surface area contributed by atoms with Gasteiger partial charge in [-0.05, 0) is 51.2 Å². The number of hydrogen-bond donors (Lipinski definition) is 0. The summed E-state index contributed by atoms with van der Waals surface area (Å²) in [7, 11) is -3.32. The third-order valence-electron chi connectivity index (χ3n) is 8.49. The van der Waals surface area contributed by atoms with Crippen molar-refractivity contribution >= 4 is 21.7 Å². The average molecular weight is 506 g/mol. The minimum absolute atomic E-state index is 0.0590. The van der Waals surface area contributed by atoms with E-state index in [4.69, 9.17) is 9.47 Å². The third kappa shape index (κ3) is 5.38. The van der Waals surface area contributed by atoms with Crippen molar-refractivity contribution in [3.8, 4) is 0 Å². The Morgan fingerprint density at radius 2 is 1.63 bits per heavy atom. The molecule has 1 aromatic rings. The molecule has 35 heavy (non-hydrogen) atoms. The Hall–Kier alpha value is -1.68. The van der Waals surface area contributed by atoms with Crippen molar-refractivity contribution in [1.82, 2.24) is 9.21 Å². The van der Waals surface area contributed by atoms with E-state index in [1.807, 2.05) is 0 Å². The molecular formula is C26H39N3O5S. The van der Waals surface area contributed by atoms with Crippen LogP contribution in [0, 0.1) is 12.3 Å². The lowest BCUT2D eigenvalue weighted by molar-refractivity contribution is -0.150. The Bertz CT molecular complexity index is 977. The lowest BCUT2D eigenvalue weighted by Gasteiger charge is -2.38.